The number of piperazine rings is 1. The zero-order chi connectivity index (χ0) is 92.9. The van der Waals surface area contributed by atoms with Gasteiger partial charge in [-0.25, -0.2) is 29.5 Å². The number of benzene rings is 7. The van der Waals surface area contributed by atoms with Crippen LogP contribution in [0.3, 0.4) is 0 Å². The summed E-state index contributed by atoms with van der Waals surface area (Å²) in [6.45, 7) is 25.2. The van der Waals surface area contributed by atoms with Crippen molar-refractivity contribution in [3.8, 4) is 33.8 Å². The molecule has 3 N–H and O–H groups in total. The first-order valence-corrected chi connectivity index (χ1v) is 49.0. The van der Waals surface area contributed by atoms with Crippen molar-refractivity contribution in [2.24, 2.45) is 18.9 Å². The Labute approximate surface area is 786 Å². The van der Waals surface area contributed by atoms with E-state index in [-0.39, 0.29) is 47.2 Å². The third-order valence-corrected chi connectivity index (χ3v) is 29.0. The maximum Gasteiger partial charge on any atom is 0.358 e. The lowest BCUT2D eigenvalue weighted by Gasteiger charge is -2.45. The number of amides is 4. The predicted octanol–water partition coefficient (Wildman–Crippen LogP) is 21.3. The van der Waals surface area contributed by atoms with Gasteiger partial charge in [0.2, 0.25) is 11.8 Å². The second kappa shape index (κ2) is 40.3. The van der Waals surface area contributed by atoms with Crippen LogP contribution in [0.15, 0.2) is 164 Å². The average Bonchev–Trinajstić information content (AvgIpc) is 1.65. The van der Waals surface area contributed by atoms with Crippen molar-refractivity contribution in [3.63, 3.8) is 0 Å². The van der Waals surface area contributed by atoms with Crippen LogP contribution in [0.25, 0.3) is 53.6 Å². The molecular weight excluding hydrogens is 1710 g/mol. The largest absolute Gasteiger partial charge is 0.490 e. The maximum atomic E-state index is 14.2. The number of esters is 2. The number of nitrogens with one attached hydrogen (secondary N) is 3. The van der Waals surface area contributed by atoms with Gasteiger partial charge in [0.15, 0.2) is 21.7 Å². The SMILES string of the molecule is Cc1c(OC2CCC(CCCC=O)CC2)cccc1-c1ccc(N2CCc3cccc(C(=O)Nc4nc5ccccc5s4)c3C2)nc1C(=O)OC(C)(C)C.Cc1c(OC2CCC(CCCCN3[C@@H](C)CN(c4ccc5c(C6CCC(=O)NC6=O)nn(C)c5c4)C[C@@H]3C)CC2)cccc1-c1ccc(N2CCc3cccc(C(=O)Nc4nc5ccccc5s4)c3C2)nc1C(=O)OC(C)(C)C. The highest BCUT2D eigenvalue weighted by Gasteiger charge is 2.37. The number of ether oxygens (including phenoxy) is 4. The van der Waals surface area contributed by atoms with E-state index in [1.165, 1.54) is 47.6 Å². The second-order valence-corrected chi connectivity index (χ2v) is 40.8. The van der Waals surface area contributed by atoms with E-state index in [1.807, 2.05) is 194 Å². The number of piperidine rings is 1. The van der Waals surface area contributed by atoms with Gasteiger partial charge in [-0.05, 0) is 307 Å². The quantitative estimate of drug-likeness (QED) is 0.0207. The van der Waals surface area contributed by atoms with Crippen molar-refractivity contribution in [1.82, 2.24) is 39.9 Å². The molecule has 0 bridgehead atoms. The third-order valence-electron chi connectivity index (χ3n) is 27.1. The van der Waals surface area contributed by atoms with E-state index in [0.29, 0.717) is 114 Å². The van der Waals surface area contributed by atoms with E-state index >= 15 is 0 Å². The van der Waals surface area contributed by atoms with Crippen molar-refractivity contribution in [3.05, 3.63) is 225 Å². The molecule has 1 unspecified atom stereocenters. The van der Waals surface area contributed by atoms with Crippen molar-refractivity contribution >= 4 is 123 Å². The Kier molecular flexibility index (Phi) is 28.0. The molecule has 692 valence electrons. The molecule has 5 aromatic heterocycles. The zero-order valence-electron chi connectivity index (χ0n) is 78.2. The fourth-order valence-electron chi connectivity index (χ4n) is 20.2. The molecule has 4 amide bonds. The molecule has 2 aliphatic carbocycles. The van der Waals surface area contributed by atoms with Crippen LogP contribution in [0.2, 0.25) is 0 Å². The summed E-state index contributed by atoms with van der Waals surface area (Å²) in [5.74, 6) is 1.98. The number of rotatable bonds is 25. The summed E-state index contributed by atoms with van der Waals surface area (Å²) in [5.41, 5.74) is 14.0. The molecule has 0 radical (unpaired) electrons. The zero-order valence-corrected chi connectivity index (χ0v) is 79.8. The number of nitrogens with zero attached hydrogens (tertiary/aromatic N) is 10. The van der Waals surface area contributed by atoms with Crippen LogP contribution in [0.1, 0.15) is 245 Å². The highest BCUT2D eigenvalue weighted by Crippen LogP contribution is 2.43. The predicted molar refractivity (Wildman–Crippen MR) is 527 cm³/mol. The molecule has 3 atom stereocenters. The molecular formula is C107H121N13O11S2. The number of thiazole rings is 2. The Bertz CT molecular complexity index is 6270. The number of aryl methyl sites for hydroxylation is 1. The molecule has 24 nitrogen and oxygen atoms in total. The number of imide groups is 1. The minimum absolute atomic E-state index is 0.121. The molecule has 0 spiro atoms. The smallest absolute Gasteiger partial charge is 0.358 e. The number of hydrogen-bond donors (Lipinski definition) is 3. The lowest BCUT2D eigenvalue weighted by Crippen LogP contribution is -2.57. The molecule has 9 heterocycles. The van der Waals surface area contributed by atoms with E-state index in [4.69, 9.17) is 34.0 Å². The molecule has 4 fully saturated rings. The third kappa shape index (κ3) is 21.5. The summed E-state index contributed by atoms with van der Waals surface area (Å²) >= 11 is 2.91. The second-order valence-electron chi connectivity index (χ2n) is 38.8. The van der Waals surface area contributed by atoms with Gasteiger partial charge in [-0.1, -0.05) is 115 Å². The number of carbonyl (C=O) groups excluding carboxylic acids is 7. The molecule has 7 aromatic carbocycles. The number of para-hydroxylation sites is 2. The number of aromatic nitrogens is 6. The summed E-state index contributed by atoms with van der Waals surface area (Å²) in [6.07, 6.45) is 18.3. The molecule has 4 aliphatic heterocycles. The van der Waals surface area contributed by atoms with Gasteiger partial charge in [0.25, 0.3) is 11.8 Å². The van der Waals surface area contributed by atoms with Gasteiger partial charge in [-0.2, -0.15) is 5.10 Å². The minimum atomic E-state index is -0.732. The van der Waals surface area contributed by atoms with Crippen molar-refractivity contribution in [2.75, 3.05) is 58.1 Å². The van der Waals surface area contributed by atoms with Crippen LogP contribution in [-0.2, 0) is 56.8 Å². The Morgan fingerprint density at radius 2 is 1.02 bits per heavy atom. The van der Waals surface area contributed by atoms with Gasteiger partial charge >= 0.3 is 11.9 Å². The van der Waals surface area contributed by atoms with Crippen LogP contribution in [0.5, 0.6) is 11.5 Å². The first-order chi connectivity index (χ1) is 64.1. The van der Waals surface area contributed by atoms with Crippen LogP contribution in [-0.4, -0.2) is 145 Å². The van der Waals surface area contributed by atoms with Crippen molar-refractivity contribution in [2.45, 2.75) is 239 Å². The van der Waals surface area contributed by atoms with Crippen molar-refractivity contribution < 1.29 is 52.5 Å². The normalized spacial score (nSPS) is 19.5. The highest BCUT2D eigenvalue weighted by atomic mass is 32.1. The van der Waals surface area contributed by atoms with E-state index < -0.39 is 29.1 Å². The number of aldehydes is 1. The lowest BCUT2D eigenvalue weighted by molar-refractivity contribution is -0.134. The van der Waals surface area contributed by atoms with Crippen molar-refractivity contribution in [1.29, 1.82) is 0 Å². The number of carbonyl (C=O) groups is 7. The summed E-state index contributed by atoms with van der Waals surface area (Å²) in [5, 5.41) is 15.4. The Morgan fingerprint density at radius 1 is 0.526 bits per heavy atom. The molecule has 18 rings (SSSR count). The topological polar surface area (TPSA) is 275 Å². The molecule has 2 saturated carbocycles. The number of hydrogen-bond acceptors (Lipinski definition) is 22. The first-order valence-electron chi connectivity index (χ1n) is 47.4. The summed E-state index contributed by atoms with van der Waals surface area (Å²) in [7, 11) is 1.93. The van der Waals surface area contributed by atoms with Crippen LogP contribution in [0, 0.1) is 25.7 Å². The molecule has 6 aliphatic rings. The van der Waals surface area contributed by atoms with E-state index in [0.717, 1.165) is 196 Å². The summed E-state index contributed by atoms with van der Waals surface area (Å²) in [6, 6.07) is 54.6. The number of fused-ring (bicyclic) bond motifs is 5. The fraction of sp³-hybridized carbons (Fsp3) is 0.421. The number of unbranched alkanes of at least 4 members (excludes halogenated alkanes) is 2. The standard InChI is InChI=1S/C63H73N9O6S.C44H48N4O5S/c1-38-35-71(43-23-26-48-52(34-43)69(7)68-57(48)49-28-30-56(73)66-60(49)75)36-39(2)72(38)32-11-10-14-41-21-24-44(25-22-41)77-53-19-13-16-45(40(53)3)46-27-29-55(65-58(46)61(76)78-63(4,5)6)70-33-31-42-15-12-17-47(50(42)37-70)59(74)67-62-64-51-18-8-9-20-54(51)79-62;1-28-32(13-10-16-37(28)52-31-20-18-29(19-21-31)11-7-8-26-49)33-22-23-39(46-40(33)42(51)53-44(2,3)4)48-25-24-30-12-9-14-34(35(30)27-48)41(50)47-43-45-36-15-5-6-17-38(36)54-43/h8-9,12-13,15-20,23,26-27,29,34,38-39,41,44,49H,10-11,14,21-22,24-25,28,30-33,35-37H2,1-7H3,(H,64,67,74)(H,66,73,75);5-6,9-10,12-17,22-23,26,29,31H,7-8,11,18-21,24-25,27H2,1-4H3,(H,45,47,50)/t38-,39-,41?,44?,49?;/m0./s1. The monoisotopic (exact) mass is 1830 g/mol. The van der Waals surface area contributed by atoms with E-state index in [9.17, 15) is 33.6 Å². The van der Waals surface area contributed by atoms with Gasteiger partial charge in [0.1, 0.15) is 40.6 Å². The number of pyridine rings is 2. The Morgan fingerprint density at radius 3 is 1.50 bits per heavy atom. The summed E-state index contributed by atoms with van der Waals surface area (Å²) in [4.78, 5) is 120. The number of anilines is 5. The fourth-order valence-corrected chi connectivity index (χ4v) is 21.9. The molecule has 26 heteroatoms. The average molecular weight is 1830 g/mol. The van der Waals surface area contributed by atoms with Gasteiger partial charge in [-0.15, -0.1) is 0 Å². The first kappa shape index (κ1) is 92.6. The van der Waals surface area contributed by atoms with E-state index in [2.05, 4.69) is 96.6 Å². The van der Waals surface area contributed by atoms with Gasteiger partial charge in [0, 0.05) is 105 Å². The van der Waals surface area contributed by atoms with Crippen LogP contribution in [0.4, 0.5) is 27.6 Å². The molecule has 133 heavy (non-hydrogen) atoms. The maximum absolute atomic E-state index is 14.2. The molecule has 12 aromatic rings. The summed E-state index contributed by atoms with van der Waals surface area (Å²) < 4.78 is 29.3. The Hall–Kier alpha value is -12.3. The minimum Gasteiger partial charge on any atom is -0.490 e. The Balaban J connectivity index is 0.000000199. The van der Waals surface area contributed by atoms with Crippen LogP contribution < -0.4 is 40.1 Å². The van der Waals surface area contributed by atoms with Gasteiger partial charge < -0.3 is 38.4 Å². The van der Waals surface area contributed by atoms with Gasteiger partial charge in [0.05, 0.1) is 49.8 Å². The lowest BCUT2D eigenvalue weighted by atomic mass is 9.84. The van der Waals surface area contributed by atoms with Gasteiger partial charge in [-0.3, -0.25) is 44.7 Å². The van der Waals surface area contributed by atoms with E-state index in [1.54, 1.807) is 0 Å². The highest BCUT2D eigenvalue weighted by molar-refractivity contribution is 7.22. The molecule has 2 saturated heterocycles. The van der Waals surface area contributed by atoms with Crippen LogP contribution >= 0.6 is 22.7 Å².